The Morgan fingerprint density at radius 2 is 1.94 bits per heavy atom. The van der Waals surface area contributed by atoms with E-state index < -0.39 is 6.04 Å². The van der Waals surface area contributed by atoms with Gasteiger partial charge in [0.1, 0.15) is 29.5 Å². The molecule has 8 heteroatoms. The maximum atomic E-state index is 13.2. The van der Waals surface area contributed by atoms with Crippen molar-refractivity contribution in [1.29, 1.82) is 0 Å². The van der Waals surface area contributed by atoms with Crippen LogP contribution < -0.4 is 4.74 Å². The maximum absolute atomic E-state index is 13.2. The number of hydrogen-bond acceptors (Lipinski definition) is 5. The monoisotopic (exact) mass is 496 g/mol. The van der Waals surface area contributed by atoms with Crippen LogP contribution in [0.5, 0.6) is 5.75 Å². The largest absolute Gasteiger partial charge is 0.494 e. The predicted octanol–water partition coefficient (Wildman–Crippen LogP) is 4.60. The lowest BCUT2D eigenvalue weighted by Crippen LogP contribution is -2.56. The van der Waals surface area contributed by atoms with E-state index in [0.29, 0.717) is 41.5 Å². The van der Waals surface area contributed by atoms with Crippen molar-refractivity contribution in [3.63, 3.8) is 0 Å². The molecule has 166 valence electrons. The Balaban J connectivity index is 2.18. The molecular weight excluding hydrogens is 472 g/mol. The molecule has 1 unspecified atom stereocenters. The molecule has 1 saturated heterocycles. The second-order valence-corrected chi connectivity index (χ2v) is 8.17. The first-order valence-corrected chi connectivity index (χ1v) is 10.9. The number of methoxy groups -OCH3 is 1. The van der Waals surface area contributed by atoms with Gasteiger partial charge in [-0.2, -0.15) is 0 Å². The lowest BCUT2D eigenvalue weighted by atomic mass is 10.0. The zero-order valence-corrected chi connectivity index (χ0v) is 19.9. The number of rotatable bonds is 7. The zero-order chi connectivity index (χ0) is 23.3. The summed E-state index contributed by atoms with van der Waals surface area (Å²) in [5.74, 6) is 0.998. The van der Waals surface area contributed by atoms with Crippen molar-refractivity contribution < 1.29 is 14.3 Å². The number of ether oxygens (including phenoxy) is 1. The molecule has 2 aromatic rings. The molecule has 1 heterocycles. The van der Waals surface area contributed by atoms with E-state index in [4.69, 9.17) is 9.73 Å². The van der Waals surface area contributed by atoms with Gasteiger partial charge in [-0.15, -0.1) is 0 Å². The van der Waals surface area contributed by atoms with Gasteiger partial charge < -0.3 is 14.5 Å². The first-order valence-electron chi connectivity index (χ1n) is 10.1. The van der Waals surface area contributed by atoms with Crippen LogP contribution in [0.25, 0.3) is 0 Å². The molecule has 0 bridgehead atoms. The number of carbonyl (C=O) groups excluding carboxylic acids is 2. The van der Waals surface area contributed by atoms with Crippen LogP contribution in [-0.2, 0) is 11.3 Å². The highest BCUT2D eigenvalue weighted by atomic mass is 79.9. The van der Waals surface area contributed by atoms with Gasteiger partial charge in [0.2, 0.25) is 5.91 Å². The lowest BCUT2D eigenvalue weighted by molar-refractivity contribution is -0.133. The minimum atomic E-state index is -0.399. The molecule has 1 aliphatic rings. The van der Waals surface area contributed by atoms with Crippen molar-refractivity contribution in [1.82, 2.24) is 9.80 Å². The summed E-state index contributed by atoms with van der Waals surface area (Å²) in [6.07, 6.45) is 2.89. The minimum Gasteiger partial charge on any atom is -0.494 e. The van der Waals surface area contributed by atoms with Crippen LogP contribution in [0.15, 0.2) is 68.8 Å². The topological polar surface area (TPSA) is 74.6 Å². The Morgan fingerprint density at radius 3 is 2.53 bits per heavy atom. The van der Waals surface area contributed by atoms with Crippen LogP contribution in [0.2, 0.25) is 0 Å². The molecule has 1 fully saturated rings. The third-order valence-corrected chi connectivity index (χ3v) is 5.82. The molecule has 0 radical (unpaired) electrons. The first kappa shape index (κ1) is 23.4. The number of aliphatic imine (C=N–C) groups is 2. The number of nitrogens with zero attached hydrogens (tertiary/aromatic N) is 4. The van der Waals surface area contributed by atoms with Gasteiger partial charge in [0.05, 0.1) is 13.3 Å². The van der Waals surface area contributed by atoms with Gasteiger partial charge >= 0.3 is 0 Å². The number of piperazine rings is 1. The SMILES string of the molecule is C=NC=C1C(=Nc2ccc(C=O)cc2OC)N(Cc2ccc(Br)cc2)C(CC)C(=O)N1C. The fourth-order valence-corrected chi connectivity index (χ4v) is 3.88. The number of aldehydes is 1. The average Bonchev–Trinajstić information content (AvgIpc) is 2.81. The van der Waals surface area contributed by atoms with E-state index in [1.54, 1.807) is 30.1 Å². The van der Waals surface area contributed by atoms with Gasteiger partial charge in [-0.3, -0.25) is 14.6 Å². The van der Waals surface area contributed by atoms with E-state index in [9.17, 15) is 9.59 Å². The zero-order valence-electron chi connectivity index (χ0n) is 18.3. The maximum Gasteiger partial charge on any atom is 0.249 e. The summed E-state index contributed by atoms with van der Waals surface area (Å²) in [7, 11) is 3.24. The summed E-state index contributed by atoms with van der Waals surface area (Å²) < 4.78 is 6.45. The van der Waals surface area contributed by atoms with E-state index in [2.05, 4.69) is 27.6 Å². The summed E-state index contributed by atoms with van der Waals surface area (Å²) in [5.41, 5.74) is 2.60. The number of benzene rings is 2. The molecule has 0 spiro atoms. The van der Waals surface area contributed by atoms with Gasteiger partial charge in [-0.25, -0.2) is 4.99 Å². The van der Waals surface area contributed by atoms with Gasteiger partial charge in [-0.05, 0) is 49.0 Å². The van der Waals surface area contributed by atoms with E-state index in [0.717, 1.165) is 16.3 Å². The van der Waals surface area contributed by atoms with Gasteiger partial charge in [-0.1, -0.05) is 35.0 Å². The highest BCUT2D eigenvalue weighted by Crippen LogP contribution is 2.32. The third kappa shape index (κ3) is 4.80. The van der Waals surface area contributed by atoms with Crippen LogP contribution in [-0.4, -0.2) is 54.7 Å². The van der Waals surface area contributed by atoms with E-state index in [1.807, 2.05) is 36.1 Å². The Labute approximate surface area is 196 Å². The van der Waals surface area contributed by atoms with Crippen LogP contribution in [0.1, 0.15) is 29.3 Å². The van der Waals surface area contributed by atoms with Crippen LogP contribution in [0, 0.1) is 0 Å². The van der Waals surface area contributed by atoms with Crippen molar-refractivity contribution in [2.24, 2.45) is 9.98 Å². The molecule has 1 amide bonds. The number of carbonyl (C=O) groups is 2. The normalized spacial score (nSPS) is 18.9. The molecule has 2 aromatic carbocycles. The van der Waals surface area contributed by atoms with Crippen molar-refractivity contribution in [2.75, 3.05) is 14.2 Å². The van der Waals surface area contributed by atoms with Crippen molar-refractivity contribution >= 4 is 46.4 Å². The summed E-state index contributed by atoms with van der Waals surface area (Å²) in [6, 6.07) is 12.6. The lowest BCUT2D eigenvalue weighted by Gasteiger charge is -2.42. The molecule has 1 aliphatic heterocycles. The second kappa shape index (κ2) is 10.4. The van der Waals surface area contributed by atoms with E-state index in [1.165, 1.54) is 13.3 Å². The molecule has 1 atom stereocenters. The smallest absolute Gasteiger partial charge is 0.249 e. The van der Waals surface area contributed by atoms with Gasteiger partial charge in [0.25, 0.3) is 0 Å². The van der Waals surface area contributed by atoms with Gasteiger partial charge in [0.15, 0.2) is 5.84 Å². The van der Waals surface area contributed by atoms with Crippen LogP contribution in [0.3, 0.4) is 0 Å². The molecule has 0 saturated carbocycles. The summed E-state index contributed by atoms with van der Waals surface area (Å²) in [4.78, 5) is 36.7. The van der Waals surface area contributed by atoms with E-state index in [-0.39, 0.29) is 5.91 Å². The van der Waals surface area contributed by atoms with Crippen LogP contribution >= 0.6 is 15.9 Å². The Kier molecular flexibility index (Phi) is 7.58. The number of amides is 1. The minimum absolute atomic E-state index is 0.0401. The highest BCUT2D eigenvalue weighted by Gasteiger charge is 2.39. The number of likely N-dealkylation sites (N-methyl/N-ethyl adjacent to an activating group) is 1. The summed E-state index contributed by atoms with van der Waals surface area (Å²) in [5, 5.41) is 0. The average molecular weight is 497 g/mol. The van der Waals surface area contributed by atoms with Crippen molar-refractivity contribution in [3.8, 4) is 5.75 Å². The quantitative estimate of drug-likeness (QED) is 0.414. The molecule has 0 N–H and O–H groups in total. The first-order chi connectivity index (χ1) is 15.4. The number of amidine groups is 1. The van der Waals surface area contributed by atoms with Gasteiger partial charge in [0, 0.05) is 23.6 Å². The number of halogens is 1. The fraction of sp³-hybridized carbons (Fsp3) is 0.250. The molecule has 7 nitrogen and oxygen atoms in total. The summed E-state index contributed by atoms with van der Waals surface area (Å²) >= 11 is 3.46. The highest BCUT2D eigenvalue weighted by molar-refractivity contribution is 9.10. The second-order valence-electron chi connectivity index (χ2n) is 7.26. The van der Waals surface area contributed by atoms with E-state index >= 15 is 0 Å². The van der Waals surface area contributed by atoms with Crippen molar-refractivity contribution in [2.45, 2.75) is 25.9 Å². The molecular formula is C24H25BrN4O3. The molecule has 0 aromatic heterocycles. The Hall–Kier alpha value is -3.26. The number of hydrogen-bond donors (Lipinski definition) is 0. The van der Waals surface area contributed by atoms with Crippen molar-refractivity contribution in [3.05, 3.63) is 70.0 Å². The molecule has 3 rings (SSSR count). The summed E-state index contributed by atoms with van der Waals surface area (Å²) in [6.45, 7) is 6.02. The third-order valence-electron chi connectivity index (χ3n) is 5.29. The standard InChI is InChI=1S/C24H25BrN4O3/c1-5-20-24(31)28(3)21(13-26-2)23(29(20)14-16-6-9-18(25)10-7-16)27-19-11-8-17(15-30)12-22(19)32-4/h6-13,15,20H,2,5,14H2,1,3-4H3. The molecule has 0 aliphatic carbocycles. The van der Waals surface area contributed by atoms with Crippen LogP contribution in [0.4, 0.5) is 5.69 Å². The Bertz CT molecular complexity index is 1080. The predicted molar refractivity (Wildman–Crippen MR) is 130 cm³/mol. The Morgan fingerprint density at radius 1 is 1.22 bits per heavy atom. The fourth-order valence-electron chi connectivity index (χ4n) is 3.61. The molecule has 32 heavy (non-hydrogen) atoms.